The first kappa shape index (κ1) is 25.0. The van der Waals surface area contributed by atoms with Crippen molar-refractivity contribution in [2.45, 2.75) is 37.3 Å². The van der Waals surface area contributed by atoms with Gasteiger partial charge in [0.05, 0.1) is 0 Å². The third-order valence-corrected chi connectivity index (χ3v) is 6.31. The molecule has 0 saturated carbocycles. The molecule has 4 amide bonds. The summed E-state index contributed by atoms with van der Waals surface area (Å²) in [7, 11) is 18.1. The van der Waals surface area contributed by atoms with Gasteiger partial charge in [-0.05, 0) is 35.7 Å². The molecule has 6 radical (unpaired) electrons. The maximum absolute atomic E-state index is 14.7. The fourth-order valence-corrected chi connectivity index (χ4v) is 4.36. The van der Waals surface area contributed by atoms with Crippen LogP contribution in [0.1, 0.15) is 45.8 Å². The largest absolute Gasteiger partial charge is 0.387 e. The fourth-order valence-electron chi connectivity index (χ4n) is 4.23. The van der Waals surface area contributed by atoms with Crippen molar-refractivity contribution >= 4 is 64.4 Å². The molecule has 35 heavy (non-hydrogen) atoms. The molecular weight excluding hydrogens is 476 g/mol. The first-order valence-corrected chi connectivity index (χ1v) is 10.8. The standard InChI is InChI=1S/C22H15B3ClF2N3O4/c23-17-10(9-30(25)21(35)22(27,28)11-2-4-12(26)5-3-11)1-6-13-16(17)18(24)31(20(13)34)14-7-8-15(32)29-19(14)33/h1-6,14,18H,7-9H2,(H,29,32,33). The Kier molecular flexibility index (Phi) is 6.53. The Bertz CT molecular complexity index is 1250. The molecule has 13 heteroatoms. The molecule has 0 aromatic heterocycles. The van der Waals surface area contributed by atoms with E-state index in [2.05, 4.69) is 5.32 Å². The molecule has 2 aromatic carbocycles. The average molecular weight is 491 g/mol. The fraction of sp³-hybridized carbons (Fsp3) is 0.273. The monoisotopic (exact) mass is 491 g/mol. The summed E-state index contributed by atoms with van der Waals surface area (Å²) >= 11 is 5.72. The number of fused-ring (bicyclic) bond motifs is 1. The second kappa shape index (κ2) is 9.15. The van der Waals surface area contributed by atoms with Crippen LogP contribution in [-0.4, -0.2) is 63.1 Å². The lowest BCUT2D eigenvalue weighted by Crippen LogP contribution is -2.53. The minimum atomic E-state index is -3.93. The number of nitrogens with one attached hydrogen (secondary N) is 1. The number of halogens is 3. The Hall–Kier alpha value is -3.14. The van der Waals surface area contributed by atoms with E-state index in [0.29, 0.717) is 4.81 Å². The van der Waals surface area contributed by atoms with Crippen LogP contribution in [0.2, 0.25) is 5.02 Å². The van der Waals surface area contributed by atoms with Crippen LogP contribution in [0.5, 0.6) is 0 Å². The highest BCUT2D eigenvalue weighted by Gasteiger charge is 2.44. The Labute approximate surface area is 208 Å². The molecule has 4 rings (SSSR count). The Balaban J connectivity index is 1.57. The predicted octanol–water partition coefficient (Wildman–Crippen LogP) is 0.766. The third kappa shape index (κ3) is 4.35. The van der Waals surface area contributed by atoms with Crippen LogP contribution in [0.15, 0.2) is 36.4 Å². The van der Waals surface area contributed by atoms with Gasteiger partial charge in [-0.1, -0.05) is 35.3 Å². The summed E-state index contributed by atoms with van der Waals surface area (Å²) < 4.78 is 29.4. The molecule has 2 aliphatic rings. The highest BCUT2D eigenvalue weighted by Crippen LogP contribution is 2.35. The number of amides is 4. The first-order chi connectivity index (χ1) is 16.4. The van der Waals surface area contributed by atoms with Gasteiger partial charge < -0.3 is 9.71 Å². The number of piperidine rings is 1. The van der Waals surface area contributed by atoms with Crippen LogP contribution >= 0.6 is 11.6 Å². The summed E-state index contributed by atoms with van der Waals surface area (Å²) in [4.78, 5) is 50.6. The van der Waals surface area contributed by atoms with Crippen molar-refractivity contribution in [1.29, 1.82) is 0 Å². The molecular formula is C22H15B3ClF2N3O4. The number of imide groups is 1. The second-order valence-corrected chi connectivity index (χ2v) is 8.67. The smallest absolute Gasteiger partial charge is 0.348 e. The molecule has 172 valence electrons. The van der Waals surface area contributed by atoms with Gasteiger partial charge in [-0.3, -0.25) is 24.5 Å². The first-order valence-electron chi connectivity index (χ1n) is 10.5. The van der Waals surface area contributed by atoms with Gasteiger partial charge >= 0.3 is 5.92 Å². The van der Waals surface area contributed by atoms with Crippen LogP contribution in [0, 0.1) is 0 Å². The highest BCUT2D eigenvalue weighted by atomic mass is 35.5. The van der Waals surface area contributed by atoms with Crippen molar-refractivity contribution < 1.29 is 28.0 Å². The minimum absolute atomic E-state index is 0.0174. The summed E-state index contributed by atoms with van der Waals surface area (Å²) in [5, 5.41) is 2.40. The summed E-state index contributed by atoms with van der Waals surface area (Å²) in [6.07, 6.45) is 0.131. The van der Waals surface area contributed by atoms with E-state index in [1.807, 2.05) is 0 Å². The highest BCUT2D eigenvalue weighted by molar-refractivity contribution is 6.37. The molecule has 0 aliphatic carbocycles. The lowest BCUT2D eigenvalue weighted by molar-refractivity contribution is -0.154. The maximum atomic E-state index is 14.7. The van der Waals surface area contributed by atoms with E-state index in [1.54, 1.807) is 0 Å². The zero-order valence-electron chi connectivity index (χ0n) is 18.1. The number of rotatable bonds is 5. The van der Waals surface area contributed by atoms with E-state index in [-0.39, 0.29) is 40.0 Å². The van der Waals surface area contributed by atoms with Gasteiger partial charge in [-0.15, -0.1) is 0 Å². The quantitative estimate of drug-likeness (QED) is 0.495. The van der Waals surface area contributed by atoms with Crippen LogP contribution in [0.4, 0.5) is 8.78 Å². The number of alkyl halides is 2. The average Bonchev–Trinajstić information content (AvgIpc) is 3.05. The molecule has 7 nitrogen and oxygen atoms in total. The zero-order chi connectivity index (χ0) is 25.7. The Morgan fingerprint density at radius 1 is 1.17 bits per heavy atom. The zero-order valence-corrected chi connectivity index (χ0v) is 18.9. The third-order valence-electron chi connectivity index (χ3n) is 6.06. The topological polar surface area (TPSA) is 86.8 Å². The molecule has 2 heterocycles. The van der Waals surface area contributed by atoms with E-state index in [1.165, 1.54) is 24.3 Å². The van der Waals surface area contributed by atoms with Crippen molar-refractivity contribution in [3.05, 3.63) is 63.7 Å². The SMILES string of the molecule is [B]c1c(CN([B])C(=O)C(F)(F)c2ccc(Cl)cc2)ccc2c1C([B])N(C1CCC(=O)NC1=O)C2=O. The molecule has 0 bridgehead atoms. The van der Waals surface area contributed by atoms with E-state index in [9.17, 15) is 28.0 Å². The van der Waals surface area contributed by atoms with Gasteiger partial charge in [0, 0.05) is 35.1 Å². The molecule has 1 N–H and O–H groups in total. The molecule has 2 aliphatic heterocycles. The molecule has 1 saturated heterocycles. The van der Waals surface area contributed by atoms with Crippen molar-refractivity contribution in [3.8, 4) is 0 Å². The van der Waals surface area contributed by atoms with Crippen molar-refractivity contribution in [2.75, 3.05) is 0 Å². The summed E-state index contributed by atoms with van der Waals surface area (Å²) in [5.41, 5.74) is -0.111. The molecule has 2 unspecified atom stereocenters. The van der Waals surface area contributed by atoms with Crippen LogP contribution in [-0.2, 0) is 26.9 Å². The number of benzene rings is 2. The van der Waals surface area contributed by atoms with Gasteiger partial charge in [0.25, 0.3) is 11.8 Å². The summed E-state index contributed by atoms with van der Waals surface area (Å²) in [6.45, 7) is -0.500. The second-order valence-electron chi connectivity index (χ2n) is 8.24. The normalized spacial score (nSPS) is 20.0. The lowest BCUT2D eigenvalue weighted by atomic mass is 9.76. The van der Waals surface area contributed by atoms with Crippen LogP contribution in [0.3, 0.4) is 0 Å². The van der Waals surface area contributed by atoms with Gasteiger partial charge in [0.15, 0.2) is 0 Å². The maximum Gasteiger partial charge on any atom is 0.348 e. The van der Waals surface area contributed by atoms with Crippen LogP contribution < -0.4 is 10.8 Å². The summed E-state index contributed by atoms with van der Waals surface area (Å²) in [6, 6.07) is 6.27. The Morgan fingerprint density at radius 3 is 2.46 bits per heavy atom. The van der Waals surface area contributed by atoms with E-state index in [0.717, 1.165) is 17.0 Å². The molecule has 2 aromatic rings. The van der Waals surface area contributed by atoms with Gasteiger partial charge in [0.2, 0.25) is 19.8 Å². The number of hydrogen-bond donors (Lipinski definition) is 1. The van der Waals surface area contributed by atoms with Gasteiger partial charge in [-0.2, -0.15) is 8.78 Å². The van der Waals surface area contributed by atoms with Crippen molar-refractivity contribution in [3.63, 3.8) is 0 Å². The Morgan fingerprint density at radius 2 is 1.83 bits per heavy atom. The van der Waals surface area contributed by atoms with Crippen molar-refractivity contribution in [1.82, 2.24) is 15.0 Å². The van der Waals surface area contributed by atoms with E-state index < -0.39 is 53.6 Å². The number of nitrogens with zero attached hydrogens (tertiary/aromatic N) is 2. The number of carbonyl (C=O) groups is 4. The van der Waals surface area contributed by atoms with Gasteiger partial charge in [0.1, 0.15) is 21.7 Å². The molecule has 2 atom stereocenters. The predicted molar refractivity (Wildman–Crippen MR) is 124 cm³/mol. The van der Waals surface area contributed by atoms with Crippen LogP contribution in [0.25, 0.3) is 0 Å². The number of hydrogen-bond acceptors (Lipinski definition) is 4. The van der Waals surface area contributed by atoms with Crippen molar-refractivity contribution in [2.24, 2.45) is 0 Å². The number of carbonyl (C=O) groups excluding carboxylic acids is 4. The van der Waals surface area contributed by atoms with Gasteiger partial charge in [-0.25, -0.2) is 0 Å². The molecule has 1 fully saturated rings. The van der Waals surface area contributed by atoms with E-state index >= 15 is 0 Å². The minimum Gasteiger partial charge on any atom is -0.387 e. The summed E-state index contributed by atoms with van der Waals surface area (Å²) in [5.74, 6) is -8.40. The lowest BCUT2D eigenvalue weighted by Gasteiger charge is -2.33. The van der Waals surface area contributed by atoms with E-state index in [4.69, 9.17) is 35.3 Å². The molecule has 0 spiro atoms.